The lowest BCUT2D eigenvalue weighted by Crippen LogP contribution is -2.46. The zero-order valence-corrected chi connectivity index (χ0v) is 14.5. The van der Waals surface area contributed by atoms with Gasteiger partial charge in [0.15, 0.2) is 0 Å². The average Bonchev–Trinajstić information content (AvgIpc) is 3.19. The molecule has 2 heterocycles. The number of nitrogens with zero attached hydrogens (tertiary/aromatic N) is 2. The van der Waals surface area contributed by atoms with Crippen LogP contribution in [0.3, 0.4) is 0 Å². The van der Waals surface area contributed by atoms with Gasteiger partial charge in [0.05, 0.1) is 5.69 Å². The smallest absolute Gasteiger partial charge is 0.276 e. The van der Waals surface area contributed by atoms with Gasteiger partial charge in [-0.2, -0.15) is 5.10 Å². The third-order valence-corrected chi connectivity index (χ3v) is 5.64. The molecule has 6 heteroatoms. The first-order valence-corrected chi connectivity index (χ1v) is 9.05. The Morgan fingerprint density at radius 2 is 1.88 bits per heavy atom. The highest BCUT2D eigenvalue weighted by Gasteiger charge is 2.56. The zero-order valence-electron chi connectivity index (χ0n) is 13.7. The molecule has 25 heavy (non-hydrogen) atoms. The molecule has 1 atom stereocenters. The van der Waals surface area contributed by atoms with E-state index in [0.29, 0.717) is 18.5 Å². The molecule has 2 amide bonds. The predicted molar refractivity (Wildman–Crippen MR) is 99.2 cm³/mol. The van der Waals surface area contributed by atoms with E-state index in [0.717, 1.165) is 16.2 Å². The molecule has 0 fully saturated rings. The molecule has 0 aliphatic carbocycles. The minimum atomic E-state index is -1.06. The number of amides is 2. The van der Waals surface area contributed by atoms with E-state index in [4.69, 9.17) is 0 Å². The molecule has 0 bridgehead atoms. The van der Waals surface area contributed by atoms with Crippen molar-refractivity contribution >= 4 is 34.3 Å². The van der Waals surface area contributed by atoms with E-state index >= 15 is 0 Å². The molecular weight excluding hydrogens is 334 g/mol. The third-order valence-electron chi connectivity index (χ3n) is 4.33. The molecule has 126 valence electrons. The summed E-state index contributed by atoms with van der Waals surface area (Å²) in [6.07, 6.45) is 1.04. The lowest BCUT2D eigenvalue weighted by molar-refractivity contribution is -0.127. The number of anilines is 1. The van der Waals surface area contributed by atoms with Gasteiger partial charge in [-0.25, -0.2) is 4.90 Å². The van der Waals surface area contributed by atoms with E-state index in [-0.39, 0.29) is 11.8 Å². The average molecular weight is 351 g/mol. The molecule has 2 aromatic carbocycles. The first kappa shape index (κ1) is 15.9. The molecule has 1 N–H and O–H groups in total. The highest BCUT2D eigenvalue weighted by atomic mass is 32.2. The van der Waals surface area contributed by atoms with Crippen LogP contribution in [0.5, 0.6) is 0 Å². The van der Waals surface area contributed by atoms with Crippen molar-refractivity contribution in [2.45, 2.75) is 24.6 Å². The maximum Gasteiger partial charge on any atom is 0.276 e. The van der Waals surface area contributed by atoms with Crippen LogP contribution in [-0.2, 0) is 14.5 Å². The summed E-state index contributed by atoms with van der Waals surface area (Å²) in [5.41, 5.74) is 5.40. The molecule has 0 saturated heterocycles. The van der Waals surface area contributed by atoms with Gasteiger partial charge in [-0.3, -0.25) is 15.0 Å². The molecule has 5 nitrogen and oxygen atoms in total. The largest absolute Gasteiger partial charge is 0.279 e. The van der Waals surface area contributed by atoms with Gasteiger partial charge in [0.25, 0.3) is 5.91 Å². The number of benzene rings is 2. The third kappa shape index (κ3) is 2.36. The van der Waals surface area contributed by atoms with Gasteiger partial charge in [0.2, 0.25) is 10.8 Å². The SMILES string of the molecule is CCCC(=O)N1C(=O)[C@@]2(NN=C(c3ccccc3)S2)c2ccccc21. The molecule has 0 radical (unpaired) electrons. The van der Waals surface area contributed by atoms with Crippen molar-refractivity contribution in [3.63, 3.8) is 0 Å². The predicted octanol–water partition coefficient (Wildman–Crippen LogP) is 3.21. The van der Waals surface area contributed by atoms with Crippen molar-refractivity contribution in [2.24, 2.45) is 5.10 Å². The van der Waals surface area contributed by atoms with Crippen molar-refractivity contribution in [3.05, 3.63) is 65.7 Å². The normalized spacial score (nSPS) is 21.2. The number of carbonyl (C=O) groups excluding carboxylic acids is 2. The summed E-state index contributed by atoms with van der Waals surface area (Å²) in [6.45, 7) is 1.93. The summed E-state index contributed by atoms with van der Waals surface area (Å²) < 4.78 is 0. The minimum absolute atomic E-state index is 0.174. The van der Waals surface area contributed by atoms with Crippen LogP contribution >= 0.6 is 11.8 Å². The fraction of sp³-hybridized carbons (Fsp3) is 0.211. The van der Waals surface area contributed by atoms with Crippen LogP contribution in [0, 0.1) is 0 Å². The van der Waals surface area contributed by atoms with Crippen molar-refractivity contribution in [1.82, 2.24) is 5.43 Å². The lowest BCUT2D eigenvalue weighted by atomic mass is 10.1. The van der Waals surface area contributed by atoms with Gasteiger partial charge < -0.3 is 0 Å². The highest BCUT2D eigenvalue weighted by molar-refractivity contribution is 8.16. The molecule has 4 rings (SSSR count). The number of hydrogen-bond donors (Lipinski definition) is 1. The van der Waals surface area contributed by atoms with Crippen molar-refractivity contribution in [1.29, 1.82) is 0 Å². The Morgan fingerprint density at radius 3 is 2.64 bits per heavy atom. The topological polar surface area (TPSA) is 61.8 Å². The Hall–Kier alpha value is -2.60. The van der Waals surface area contributed by atoms with Crippen LogP contribution in [0.2, 0.25) is 0 Å². The van der Waals surface area contributed by atoms with E-state index in [9.17, 15) is 9.59 Å². The van der Waals surface area contributed by atoms with Crippen LogP contribution in [-0.4, -0.2) is 16.9 Å². The molecule has 2 aliphatic heterocycles. The Bertz CT molecular complexity index is 881. The number of hydrogen-bond acceptors (Lipinski definition) is 5. The van der Waals surface area contributed by atoms with Gasteiger partial charge >= 0.3 is 0 Å². The fourth-order valence-electron chi connectivity index (χ4n) is 3.15. The standard InChI is InChI=1S/C19H17N3O2S/c1-2-8-16(23)22-15-12-7-6-11-14(15)19(18(22)24)21-20-17(25-19)13-9-4-3-5-10-13/h3-7,9-12,21H,2,8H2,1H3/t19-/m1/s1. The summed E-state index contributed by atoms with van der Waals surface area (Å²) in [5, 5.41) is 5.15. The summed E-state index contributed by atoms with van der Waals surface area (Å²) >= 11 is 1.36. The Balaban J connectivity index is 1.74. The van der Waals surface area contributed by atoms with Crippen LogP contribution in [0.25, 0.3) is 0 Å². The molecule has 1 spiro atoms. The first-order chi connectivity index (χ1) is 12.2. The number of thioether (sulfide) groups is 1. The quantitative estimate of drug-likeness (QED) is 0.922. The second kappa shape index (κ2) is 6.04. The molecular formula is C19H17N3O2S. The second-order valence-corrected chi connectivity index (χ2v) is 7.18. The number of rotatable bonds is 3. The molecule has 2 aliphatic rings. The van der Waals surface area contributed by atoms with Crippen molar-refractivity contribution in [3.8, 4) is 0 Å². The summed E-state index contributed by atoms with van der Waals surface area (Å²) in [6, 6.07) is 17.1. The van der Waals surface area contributed by atoms with Gasteiger partial charge in [-0.15, -0.1) is 0 Å². The highest BCUT2D eigenvalue weighted by Crippen LogP contribution is 2.50. The van der Waals surface area contributed by atoms with E-state index in [1.54, 1.807) is 0 Å². The molecule has 0 saturated carbocycles. The van der Waals surface area contributed by atoms with E-state index in [1.165, 1.54) is 16.7 Å². The van der Waals surface area contributed by atoms with Crippen LogP contribution in [0.15, 0.2) is 59.7 Å². The van der Waals surface area contributed by atoms with Gasteiger partial charge in [0, 0.05) is 17.5 Å². The summed E-state index contributed by atoms with van der Waals surface area (Å²) in [7, 11) is 0. The minimum Gasteiger partial charge on any atom is -0.279 e. The Kier molecular flexibility index (Phi) is 3.84. The van der Waals surface area contributed by atoms with E-state index in [1.807, 2.05) is 61.5 Å². The second-order valence-electron chi connectivity index (χ2n) is 5.98. The number of imide groups is 1. The zero-order chi connectivity index (χ0) is 17.4. The number of fused-ring (bicyclic) bond motifs is 2. The molecule has 0 unspecified atom stereocenters. The first-order valence-electron chi connectivity index (χ1n) is 8.23. The van der Waals surface area contributed by atoms with Crippen molar-refractivity contribution in [2.75, 3.05) is 4.90 Å². The van der Waals surface area contributed by atoms with Crippen LogP contribution in [0.1, 0.15) is 30.9 Å². The number of para-hydroxylation sites is 1. The Morgan fingerprint density at radius 1 is 1.16 bits per heavy atom. The monoisotopic (exact) mass is 351 g/mol. The number of nitrogens with one attached hydrogen (secondary N) is 1. The maximum absolute atomic E-state index is 13.2. The van der Waals surface area contributed by atoms with Crippen LogP contribution < -0.4 is 10.3 Å². The summed E-state index contributed by atoms with van der Waals surface area (Å²) in [5.74, 6) is -0.445. The van der Waals surface area contributed by atoms with Gasteiger partial charge in [0.1, 0.15) is 5.04 Å². The lowest BCUT2D eigenvalue weighted by Gasteiger charge is -2.21. The van der Waals surface area contributed by atoms with E-state index < -0.39 is 4.87 Å². The summed E-state index contributed by atoms with van der Waals surface area (Å²) in [4.78, 5) is 26.0. The van der Waals surface area contributed by atoms with E-state index in [2.05, 4.69) is 10.5 Å². The van der Waals surface area contributed by atoms with Gasteiger partial charge in [-0.05, 0) is 12.5 Å². The molecule has 2 aromatic rings. The number of carbonyl (C=O) groups is 2. The molecule has 0 aromatic heterocycles. The van der Waals surface area contributed by atoms with Crippen LogP contribution in [0.4, 0.5) is 5.69 Å². The van der Waals surface area contributed by atoms with Gasteiger partial charge in [-0.1, -0.05) is 67.2 Å². The maximum atomic E-state index is 13.2. The number of hydrazone groups is 1. The Labute approximate surface area is 150 Å². The van der Waals surface area contributed by atoms with Crippen molar-refractivity contribution < 1.29 is 9.59 Å². The fourth-order valence-corrected chi connectivity index (χ4v) is 4.34.